The maximum absolute atomic E-state index is 11.9. The summed E-state index contributed by atoms with van der Waals surface area (Å²) in [5, 5.41) is 11.8. The van der Waals surface area contributed by atoms with Crippen molar-refractivity contribution in [1.29, 1.82) is 0 Å². The molecule has 1 aromatic rings. The lowest BCUT2D eigenvalue weighted by Crippen LogP contribution is -2.22. The number of aryl methyl sites for hydroxylation is 2. The van der Waals surface area contributed by atoms with Crippen molar-refractivity contribution in [3.63, 3.8) is 0 Å². The molecular formula is C15H21NO3. The first-order chi connectivity index (χ1) is 8.99. The average Bonchev–Trinajstić information content (AvgIpc) is 2.38. The molecule has 104 valence electrons. The number of amides is 1. The monoisotopic (exact) mass is 263 g/mol. The molecule has 4 heteroatoms. The van der Waals surface area contributed by atoms with Gasteiger partial charge in [-0.2, -0.15) is 0 Å². The second kappa shape index (κ2) is 6.92. The summed E-state index contributed by atoms with van der Waals surface area (Å²) in [6.45, 7) is 5.73. The van der Waals surface area contributed by atoms with Gasteiger partial charge in [-0.05, 0) is 30.9 Å². The van der Waals surface area contributed by atoms with Crippen LogP contribution in [0, 0.1) is 12.8 Å². The van der Waals surface area contributed by atoms with Crippen LogP contribution in [-0.4, -0.2) is 17.0 Å². The molecular weight excluding hydrogens is 242 g/mol. The number of benzene rings is 1. The number of nitrogens with one attached hydrogen (secondary N) is 1. The highest BCUT2D eigenvalue weighted by molar-refractivity contribution is 5.94. The maximum Gasteiger partial charge on any atom is 0.307 e. The minimum atomic E-state index is -0.918. The highest BCUT2D eigenvalue weighted by Crippen LogP contribution is 2.22. The van der Waals surface area contributed by atoms with Crippen LogP contribution >= 0.6 is 0 Å². The topological polar surface area (TPSA) is 66.4 Å². The lowest BCUT2D eigenvalue weighted by molar-refractivity contribution is -0.143. The van der Waals surface area contributed by atoms with Gasteiger partial charge in [0.15, 0.2) is 0 Å². The van der Waals surface area contributed by atoms with Gasteiger partial charge in [-0.15, -0.1) is 0 Å². The molecule has 0 fully saturated rings. The number of hydrogen-bond acceptors (Lipinski definition) is 2. The largest absolute Gasteiger partial charge is 0.481 e. The van der Waals surface area contributed by atoms with E-state index >= 15 is 0 Å². The van der Waals surface area contributed by atoms with E-state index in [1.807, 2.05) is 32.0 Å². The molecule has 0 bridgehead atoms. The smallest absolute Gasteiger partial charge is 0.307 e. The van der Waals surface area contributed by atoms with Gasteiger partial charge in [0, 0.05) is 12.1 Å². The molecule has 0 radical (unpaired) electrons. The van der Waals surface area contributed by atoms with E-state index in [0.717, 1.165) is 23.2 Å². The number of aliphatic carboxylic acids is 1. The van der Waals surface area contributed by atoms with Gasteiger partial charge < -0.3 is 10.4 Å². The summed E-state index contributed by atoms with van der Waals surface area (Å²) in [6.07, 6.45) is 1.30. The molecule has 1 atom stereocenters. The molecule has 0 aliphatic carbocycles. The summed E-state index contributed by atoms with van der Waals surface area (Å²) in [7, 11) is 0. The van der Waals surface area contributed by atoms with Crippen molar-refractivity contribution >= 4 is 17.6 Å². The van der Waals surface area contributed by atoms with Crippen molar-refractivity contribution in [3.8, 4) is 0 Å². The molecule has 1 rings (SSSR count). The molecule has 0 aromatic heterocycles. The molecule has 0 aliphatic rings. The zero-order chi connectivity index (χ0) is 14.4. The number of carbonyl (C=O) groups excluding carboxylic acids is 1. The summed E-state index contributed by atoms with van der Waals surface area (Å²) in [5.41, 5.74) is 2.88. The van der Waals surface area contributed by atoms with E-state index in [9.17, 15) is 9.59 Å². The van der Waals surface area contributed by atoms with Crippen LogP contribution in [0.1, 0.15) is 37.8 Å². The predicted molar refractivity (Wildman–Crippen MR) is 75.2 cm³/mol. The van der Waals surface area contributed by atoms with Gasteiger partial charge in [0.25, 0.3) is 0 Å². The SMILES string of the molecule is CCc1cccc(C)c1NC(=O)CC(CC)C(=O)O. The number of carboxylic acid groups (broad SMARTS) is 1. The standard InChI is InChI=1S/C15H21NO3/c1-4-11-8-6-7-10(3)14(11)16-13(17)9-12(5-2)15(18)19/h6-8,12H,4-5,9H2,1-3H3,(H,16,17)(H,18,19). The third-order valence-electron chi connectivity index (χ3n) is 3.28. The van der Waals surface area contributed by atoms with Crippen molar-refractivity contribution in [2.75, 3.05) is 5.32 Å². The number of para-hydroxylation sites is 1. The van der Waals surface area contributed by atoms with E-state index in [-0.39, 0.29) is 12.3 Å². The number of rotatable bonds is 6. The van der Waals surface area contributed by atoms with Crippen molar-refractivity contribution in [2.45, 2.75) is 40.0 Å². The first-order valence-corrected chi connectivity index (χ1v) is 6.60. The van der Waals surface area contributed by atoms with Gasteiger partial charge in [-0.25, -0.2) is 0 Å². The Balaban J connectivity index is 2.80. The molecule has 2 N–H and O–H groups in total. The van der Waals surface area contributed by atoms with Crippen LogP contribution < -0.4 is 5.32 Å². The summed E-state index contributed by atoms with van der Waals surface area (Å²) < 4.78 is 0. The van der Waals surface area contributed by atoms with Crippen LogP contribution in [0.2, 0.25) is 0 Å². The number of carboxylic acids is 1. The normalized spacial score (nSPS) is 11.9. The molecule has 4 nitrogen and oxygen atoms in total. The van der Waals surface area contributed by atoms with Gasteiger partial charge in [0.1, 0.15) is 0 Å². The summed E-state index contributed by atoms with van der Waals surface area (Å²) in [4.78, 5) is 22.9. The van der Waals surface area contributed by atoms with Crippen LogP contribution in [0.3, 0.4) is 0 Å². The van der Waals surface area contributed by atoms with Crippen molar-refractivity contribution < 1.29 is 14.7 Å². The second-order valence-corrected chi connectivity index (χ2v) is 4.66. The van der Waals surface area contributed by atoms with Crippen molar-refractivity contribution in [1.82, 2.24) is 0 Å². The van der Waals surface area contributed by atoms with E-state index in [4.69, 9.17) is 5.11 Å². The lowest BCUT2D eigenvalue weighted by atomic mass is 10.0. The molecule has 1 aromatic carbocycles. The second-order valence-electron chi connectivity index (χ2n) is 4.66. The van der Waals surface area contributed by atoms with Gasteiger partial charge in [-0.1, -0.05) is 32.0 Å². The van der Waals surface area contributed by atoms with E-state index in [2.05, 4.69) is 5.32 Å². The molecule has 19 heavy (non-hydrogen) atoms. The Hall–Kier alpha value is -1.84. The maximum atomic E-state index is 11.9. The van der Waals surface area contributed by atoms with E-state index in [0.29, 0.717) is 6.42 Å². The fourth-order valence-corrected chi connectivity index (χ4v) is 2.02. The van der Waals surface area contributed by atoms with Gasteiger partial charge in [0.2, 0.25) is 5.91 Å². The third kappa shape index (κ3) is 4.09. The Labute approximate surface area is 113 Å². The fourth-order valence-electron chi connectivity index (χ4n) is 2.02. The highest BCUT2D eigenvalue weighted by atomic mass is 16.4. The number of hydrogen-bond donors (Lipinski definition) is 2. The van der Waals surface area contributed by atoms with E-state index in [1.165, 1.54) is 0 Å². The molecule has 0 heterocycles. The van der Waals surface area contributed by atoms with Crippen LogP contribution in [0.4, 0.5) is 5.69 Å². The Morgan fingerprint density at radius 1 is 1.32 bits per heavy atom. The van der Waals surface area contributed by atoms with Crippen LogP contribution in [0.15, 0.2) is 18.2 Å². The molecule has 0 aliphatic heterocycles. The first-order valence-electron chi connectivity index (χ1n) is 6.60. The summed E-state index contributed by atoms with van der Waals surface area (Å²) >= 11 is 0. The first kappa shape index (κ1) is 15.2. The molecule has 1 amide bonds. The predicted octanol–water partition coefficient (Wildman–Crippen LogP) is 3.00. The van der Waals surface area contributed by atoms with E-state index < -0.39 is 11.9 Å². The number of carbonyl (C=O) groups is 2. The zero-order valence-electron chi connectivity index (χ0n) is 11.7. The Morgan fingerprint density at radius 2 is 2.00 bits per heavy atom. The lowest BCUT2D eigenvalue weighted by Gasteiger charge is -2.14. The third-order valence-corrected chi connectivity index (χ3v) is 3.28. The van der Waals surface area contributed by atoms with Gasteiger partial charge in [-0.3, -0.25) is 9.59 Å². The highest BCUT2D eigenvalue weighted by Gasteiger charge is 2.19. The molecule has 0 saturated carbocycles. The quantitative estimate of drug-likeness (QED) is 0.829. The average molecular weight is 263 g/mol. The Kier molecular flexibility index (Phi) is 5.55. The summed E-state index contributed by atoms with van der Waals surface area (Å²) in [5.74, 6) is -1.77. The van der Waals surface area contributed by atoms with Gasteiger partial charge >= 0.3 is 5.97 Å². The van der Waals surface area contributed by atoms with Crippen molar-refractivity contribution in [3.05, 3.63) is 29.3 Å². The van der Waals surface area contributed by atoms with Crippen molar-refractivity contribution in [2.24, 2.45) is 5.92 Å². The molecule has 0 spiro atoms. The number of anilines is 1. The van der Waals surface area contributed by atoms with Gasteiger partial charge in [0.05, 0.1) is 5.92 Å². The fraction of sp³-hybridized carbons (Fsp3) is 0.467. The van der Waals surface area contributed by atoms with Crippen LogP contribution in [0.5, 0.6) is 0 Å². The minimum Gasteiger partial charge on any atom is -0.481 e. The molecule has 0 saturated heterocycles. The zero-order valence-corrected chi connectivity index (χ0v) is 11.7. The van der Waals surface area contributed by atoms with E-state index in [1.54, 1.807) is 6.92 Å². The van der Waals surface area contributed by atoms with Crippen LogP contribution in [-0.2, 0) is 16.0 Å². The summed E-state index contributed by atoms with van der Waals surface area (Å²) in [6, 6.07) is 5.86. The van der Waals surface area contributed by atoms with Crippen LogP contribution in [0.25, 0.3) is 0 Å². The molecule has 1 unspecified atom stereocenters. The minimum absolute atomic E-state index is 0.0172. The Morgan fingerprint density at radius 3 is 2.53 bits per heavy atom. The Bertz CT molecular complexity index is 468.